The van der Waals surface area contributed by atoms with Gasteiger partial charge in [0.2, 0.25) is 0 Å². The van der Waals surface area contributed by atoms with Crippen LogP contribution in [0.25, 0.3) is 0 Å². The molecule has 2 heterocycles. The van der Waals surface area contributed by atoms with E-state index in [1.54, 1.807) is 12.1 Å². The summed E-state index contributed by atoms with van der Waals surface area (Å²) in [6, 6.07) is 7.82. The average molecular weight is 280 g/mol. The van der Waals surface area contributed by atoms with Gasteiger partial charge in [-0.1, -0.05) is 11.6 Å². The van der Waals surface area contributed by atoms with E-state index in [4.69, 9.17) is 11.6 Å². The van der Waals surface area contributed by atoms with Gasteiger partial charge in [0.1, 0.15) is 0 Å². The van der Waals surface area contributed by atoms with Gasteiger partial charge in [-0.05, 0) is 49.6 Å². The molecule has 2 unspecified atom stereocenters. The van der Waals surface area contributed by atoms with Crippen molar-refractivity contribution in [3.05, 3.63) is 29.3 Å². The third kappa shape index (κ3) is 2.85. The van der Waals surface area contributed by atoms with Crippen molar-refractivity contribution in [3.63, 3.8) is 0 Å². The fraction of sp³-hybridized carbons (Fsp3) is 0.500. The Balaban J connectivity index is 1.59. The molecule has 2 saturated heterocycles. The van der Waals surface area contributed by atoms with E-state index in [1.165, 1.54) is 6.42 Å². The van der Waals surface area contributed by atoms with Crippen molar-refractivity contribution in [3.8, 4) is 0 Å². The largest absolute Gasteiger partial charge is 0.324 e. The molecular formula is C14H18ClN3O. The van der Waals surface area contributed by atoms with Crippen molar-refractivity contribution in [1.82, 2.24) is 10.2 Å². The molecule has 1 aromatic carbocycles. The molecule has 0 bridgehead atoms. The summed E-state index contributed by atoms with van der Waals surface area (Å²) in [5, 5.41) is 7.10. The van der Waals surface area contributed by atoms with Crippen LogP contribution in [0.1, 0.15) is 12.8 Å². The zero-order valence-corrected chi connectivity index (χ0v) is 11.5. The molecular weight excluding hydrogens is 262 g/mol. The van der Waals surface area contributed by atoms with Gasteiger partial charge in [0, 0.05) is 29.8 Å². The molecule has 0 aliphatic carbocycles. The maximum atomic E-state index is 12.2. The summed E-state index contributed by atoms with van der Waals surface area (Å²) in [6.45, 7) is 2.77. The minimum absolute atomic E-state index is 0.00678. The first kappa shape index (κ1) is 12.8. The Morgan fingerprint density at radius 3 is 2.89 bits per heavy atom. The Morgan fingerprint density at radius 1 is 1.32 bits per heavy atom. The van der Waals surface area contributed by atoms with Crippen LogP contribution in [0.3, 0.4) is 0 Å². The van der Waals surface area contributed by atoms with Gasteiger partial charge in [-0.3, -0.25) is 0 Å². The van der Waals surface area contributed by atoms with Gasteiger partial charge in [-0.2, -0.15) is 0 Å². The van der Waals surface area contributed by atoms with Crippen molar-refractivity contribution in [2.75, 3.05) is 25.0 Å². The van der Waals surface area contributed by atoms with Crippen LogP contribution in [-0.2, 0) is 0 Å². The molecule has 2 amide bonds. The van der Waals surface area contributed by atoms with Crippen LogP contribution >= 0.6 is 11.6 Å². The van der Waals surface area contributed by atoms with Crippen LogP contribution in [0.4, 0.5) is 10.5 Å². The number of likely N-dealkylation sites (tertiary alicyclic amines) is 1. The number of carbonyl (C=O) groups is 1. The lowest BCUT2D eigenvalue weighted by Gasteiger charge is -2.34. The van der Waals surface area contributed by atoms with Gasteiger partial charge in [-0.15, -0.1) is 0 Å². The van der Waals surface area contributed by atoms with Crippen LogP contribution in [0.5, 0.6) is 0 Å². The number of nitrogens with zero attached hydrogens (tertiary/aromatic N) is 1. The summed E-state index contributed by atoms with van der Waals surface area (Å²) < 4.78 is 0. The van der Waals surface area contributed by atoms with E-state index in [0.29, 0.717) is 17.0 Å². The number of hydrogen-bond donors (Lipinski definition) is 2. The predicted octanol–water partition coefficient (Wildman–Crippen LogP) is 2.56. The minimum Gasteiger partial charge on any atom is -0.324 e. The molecule has 19 heavy (non-hydrogen) atoms. The molecule has 3 rings (SSSR count). The number of halogens is 1. The summed E-state index contributed by atoms with van der Waals surface area (Å²) in [4.78, 5) is 14.1. The monoisotopic (exact) mass is 279 g/mol. The van der Waals surface area contributed by atoms with E-state index in [1.807, 2.05) is 17.0 Å². The second-order valence-electron chi connectivity index (χ2n) is 5.28. The van der Waals surface area contributed by atoms with Crippen molar-refractivity contribution in [1.29, 1.82) is 0 Å². The normalized spacial score (nSPS) is 26.1. The molecule has 0 spiro atoms. The number of fused-ring (bicyclic) bond motifs is 1. The van der Waals surface area contributed by atoms with Gasteiger partial charge in [-0.25, -0.2) is 4.79 Å². The number of hydrogen-bond acceptors (Lipinski definition) is 2. The standard InChI is InChI=1S/C14H18ClN3O/c15-11-1-3-12(4-2-11)17-14(19)18-8-6-13-10(9-18)5-7-16-13/h1-4,10,13,16H,5-9H2,(H,17,19). The number of piperidine rings is 1. The SMILES string of the molecule is O=C(Nc1ccc(Cl)cc1)N1CCC2NCCC2C1. The quantitative estimate of drug-likeness (QED) is 0.830. The molecule has 2 aliphatic rings. The van der Waals surface area contributed by atoms with E-state index in [2.05, 4.69) is 10.6 Å². The summed E-state index contributed by atoms with van der Waals surface area (Å²) in [5.74, 6) is 0.615. The second-order valence-corrected chi connectivity index (χ2v) is 5.72. The molecule has 2 aliphatic heterocycles. The smallest absolute Gasteiger partial charge is 0.321 e. The number of nitrogens with one attached hydrogen (secondary N) is 2. The highest BCUT2D eigenvalue weighted by Gasteiger charge is 2.34. The van der Waals surface area contributed by atoms with E-state index < -0.39 is 0 Å². The molecule has 2 atom stereocenters. The van der Waals surface area contributed by atoms with E-state index >= 15 is 0 Å². The molecule has 0 radical (unpaired) electrons. The highest BCUT2D eigenvalue weighted by molar-refractivity contribution is 6.30. The molecule has 5 heteroatoms. The predicted molar refractivity (Wildman–Crippen MR) is 76.6 cm³/mol. The van der Waals surface area contributed by atoms with E-state index in [-0.39, 0.29) is 6.03 Å². The van der Waals surface area contributed by atoms with Crippen LogP contribution in [0, 0.1) is 5.92 Å². The topological polar surface area (TPSA) is 44.4 Å². The Labute approximate surface area is 118 Å². The Morgan fingerprint density at radius 2 is 2.11 bits per heavy atom. The third-order valence-corrected chi connectivity index (χ3v) is 4.29. The molecule has 1 aromatic rings. The van der Waals surface area contributed by atoms with Crippen LogP contribution < -0.4 is 10.6 Å². The zero-order chi connectivity index (χ0) is 13.2. The first-order valence-electron chi connectivity index (χ1n) is 6.77. The lowest BCUT2D eigenvalue weighted by Crippen LogP contribution is -2.48. The Hall–Kier alpha value is -1.26. The number of carbonyl (C=O) groups excluding carboxylic acids is 1. The molecule has 0 aromatic heterocycles. The van der Waals surface area contributed by atoms with Gasteiger partial charge in [0.25, 0.3) is 0 Å². The van der Waals surface area contributed by atoms with Crippen molar-refractivity contribution in [2.24, 2.45) is 5.92 Å². The van der Waals surface area contributed by atoms with Gasteiger partial charge in [0.15, 0.2) is 0 Å². The number of anilines is 1. The molecule has 0 saturated carbocycles. The zero-order valence-electron chi connectivity index (χ0n) is 10.7. The molecule has 2 N–H and O–H groups in total. The second kappa shape index (κ2) is 5.39. The van der Waals surface area contributed by atoms with Crippen LogP contribution in [0.2, 0.25) is 5.02 Å². The van der Waals surface area contributed by atoms with Crippen molar-refractivity contribution >= 4 is 23.3 Å². The lowest BCUT2D eigenvalue weighted by atomic mass is 9.94. The maximum absolute atomic E-state index is 12.2. The number of benzene rings is 1. The number of urea groups is 1. The van der Waals surface area contributed by atoms with Gasteiger partial charge < -0.3 is 15.5 Å². The van der Waals surface area contributed by atoms with Crippen LogP contribution in [-0.4, -0.2) is 36.6 Å². The van der Waals surface area contributed by atoms with E-state index in [0.717, 1.165) is 31.7 Å². The fourth-order valence-electron chi connectivity index (χ4n) is 2.97. The highest BCUT2D eigenvalue weighted by Crippen LogP contribution is 2.25. The fourth-order valence-corrected chi connectivity index (χ4v) is 3.09. The molecule has 102 valence electrons. The minimum atomic E-state index is -0.00678. The van der Waals surface area contributed by atoms with Crippen molar-refractivity contribution in [2.45, 2.75) is 18.9 Å². The number of rotatable bonds is 1. The number of amides is 2. The average Bonchev–Trinajstić information content (AvgIpc) is 2.88. The summed E-state index contributed by atoms with van der Waals surface area (Å²) in [6.07, 6.45) is 2.23. The molecule has 2 fully saturated rings. The van der Waals surface area contributed by atoms with Gasteiger partial charge >= 0.3 is 6.03 Å². The Kier molecular flexibility index (Phi) is 3.62. The highest BCUT2D eigenvalue weighted by atomic mass is 35.5. The third-order valence-electron chi connectivity index (χ3n) is 4.04. The van der Waals surface area contributed by atoms with Crippen molar-refractivity contribution < 1.29 is 4.79 Å². The summed E-state index contributed by atoms with van der Waals surface area (Å²) >= 11 is 5.83. The van der Waals surface area contributed by atoms with E-state index in [9.17, 15) is 4.79 Å². The summed E-state index contributed by atoms with van der Waals surface area (Å²) in [5.41, 5.74) is 0.793. The Bertz CT molecular complexity index is 462. The lowest BCUT2D eigenvalue weighted by molar-refractivity contribution is 0.170. The van der Waals surface area contributed by atoms with Gasteiger partial charge in [0.05, 0.1) is 0 Å². The molecule has 4 nitrogen and oxygen atoms in total. The maximum Gasteiger partial charge on any atom is 0.321 e. The summed E-state index contributed by atoms with van der Waals surface area (Å²) in [7, 11) is 0. The first-order chi connectivity index (χ1) is 9.22. The first-order valence-corrected chi connectivity index (χ1v) is 7.15. The van der Waals surface area contributed by atoms with Crippen LogP contribution in [0.15, 0.2) is 24.3 Å².